The summed E-state index contributed by atoms with van der Waals surface area (Å²) in [5, 5.41) is 16.7. The number of phosphoric ester groups is 1. The SMILES string of the molecule is Cc1ncc(COP(=O)(O)O)c(/C=N/N=C(N)N)c1O. The van der Waals surface area contributed by atoms with Gasteiger partial charge in [0, 0.05) is 17.3 Å². The monoisotopic (exact) mass is 303 g/mol. The summed E-state index contributed by atoms with van der Waals surface area (Å²) in [4.78, 5) is 21.2. The number of aromatic nitrogens is 1. The molecule has 0 unspecified atom stereocenters. The largest absolute Gasteiger partial charge is 0.505 e. The zero-order valence-corrected chi connectivity index (χ0v) is 11.4. The molecule has 0 amide bonds. The number of nitrogens with zero attached hydrogens (tertiary/aromatic N) is 3. The van der Waals surface area contributed by atoms with E-state index in [1.54, 1.807) is 6.92 Å². The number of hydrogen-bond donors (Lipinski definition) is 5. The van der Waals surface area contributed by atoms with Crippen molar-refractivity contribution in [2.45, 2.75) is 13.5 Å². The summed E-state index contributed by atoms with van der Waals surface area (Å²) in [7, 11) is -4.64. The van der Waals surface area contributed by atoms with Gasteiger partial charge in [-0.05, 0) is 6.92 Å². The Labute approximate surface area is 114 Å². The van der Waals surface area contributed by atoms with E-state index in [0.29, 0.717) is 5.69 Å². The second-order valence-electron chi connectivity index (χ2n) is 3.66. The van der Waals surface area contributed by atoms with Gasteiger partial charge in [-0.25, -0.2) is 4.57 Å². The lowest BCUT2D eigenvalue weighted by Gasteiger charge is -2.10. The highest BCUT2D eigenvalue weighted by atomic mass is 31.2. The van der Waals surface area contributed by atoms with Gasteiger partial charge in [0.15, 0.2) is 0 Å². The molecule has 10 nitrogen and oxygen atoms in total. The van der Waals surface area contributed by atoms with Crippen molar-refractivity contribution in [1.29, 1.82) is 0 Å². The molecule has 1 aromatic heterocycles. The topological polar surface area (TPSA) is 177 Å². The summed E-state index contributed by atoms with van der Waals surface area (Å²) in [6.45, 7) is 1.08. The zero-order chi connectivity index (χ0) is 15.3. The van der Waals surface area contributed by atoms with Crippen molar-refractivity contribution in [3.8, 4) is 5.75 Å². The normalized spacial score (nSPS) is 11.8. The Hall–Kier alpha value is -2.00. The molecule has 0 spiro atoms. The van der Waals surface area contributed by atoms with Crippen LogP contribution in [-0.2, 0) is 15.7 Å². The van der Waals surface area contributed by atoms with Crippen molar-refractivity contribution in [2.24, 2.45) is 21.7 Å². The first kappa shape index (κ1) is 16.1. The number of hydrogen-bond acceptors (Lipinski definition) is 6. The standard InChI is InChI=1S/C9H14N5O5P/c1-5-8(15)7(3-13-14-9(10)11)6(2-12-5)4-19-20(16,17)18/h2-3,15H,4H2,1H3,(H4,10,11,14)(H2,16,17,18)/b13-3+. The average Bonchev–Trinajstić information content (AvgIpc) is 2.32. The van der Waals surface area contributed by atoms with Gasteiger partial charge < -0.3 is 26.4 Å². The molecule has 20 heavy (non-hydrogen) atoms. The van der Waals surface area contributed by atoms with Crippen molar-refractivity contribution in [3.05, 3.63) is 23.0 Å². The molecule has 0 bridgehead atoms. The molecule has 11 heteroatoms. The van der Waals surface area contributed by atoms with Crippen molar-refractivity contribution < 1.29 is 24.0 Å². The number of guanidine groups is 1. The number of aryl methyl sites for hydroxylation is 1. The lowest BCUT2D eigenvalue weighted by atomic mass is 10.1. The average molecular weight is 303 g/mol. The van der Waals surface area contributed by atoms with E-state index in [-0.39, 0.29) is 22.8 Å². The van der Waals surface area contributed by atoms with Crippen LogP contribution in [0.2, 0.25) is 0 Å². The maximum Gasteiger partial charge on any atom is 0.469 e. The van der Waals surface area contributed by atoms with Gasteiger partial charge in [-0.1, -0.05) is 0 Å². The lowest BCUT2D eigenvalue weighted by Crippen LogP contribution is -2.21. The molecule has 0 saturated carbocycles. The highest BCUT2D eigenvalue weighted by Gasteiger charge is 2.17. The minimum Gasteiger partial charge on any atom is -0.505 e. The van der Waals surface area contributed by atoms with Gasteiger partial charge in [-0.3, -0.25) is 9.51 Å². The third-order valence-corrected chi connectivity index (χ3v) is 2.57. The van der Waals surface area contributed by atoms with Crippen LogP contribution in [0.15, 0.2) is 16.4 Å². The fourth-order valence-corrected chi connectivity index (χ4v) is 1.53. The molecular formula is C9H14N5O5P. The summed E-state index contributed by atoms with van der Waals surface area (Å²) in [6, 6.07) is 0. The van der Waals surface area contributed by atoms with E-state index in [1.807, 2.05) is 0 Å². The first-order chi connectivity index (χ1) is 9.20. The van der Waals surface area contributed by atoms with E-state index >= 15 is 0 Å². The van der Waals surface area contributed by atoms with Crippen LogP contribution in [0.3, 0.4) is 0 Å². The van der Waals surface area contributed by atoms with Crippen LogP contribution >= 0.6 is 7.82 Å². The molecule has 0 atom stereocenters. The molecular weight excluding hydrogens is 289 g/mol. The van der Waals surface area contributed by atoms with Crippen LogP contribution in [0.25, 0.3) is 0 Å². The molecule has 7 N–H and O–H groups in total. The third-order valence-electron chi connectivity index (χ3n) is 2.11. The Bertz CT molecular complexity index is 593. The maximum absolute atomic E-state index is 10.7. The molecule has 0 aliphatic carbocycles. The fraction of sp³-hybridized carbons (Fsp3) is 0.222. The Balaban J connectivity index is 3.11. The van der Waals surface area contributed by atoms with E-state index in [9.17, 15) is 9.67 Å². The molecule has 0 saturated heterocycles. The highest BCUT2D eigenvalue weighted by molar-refractivity contribution is 7.46. The number of rotatable bonds is 5. The Morgan fingerprint density at radius 1 is 1.55 bits per heavy atom. The van der Waals surface area contributed by atoms with Crippen LogP contribution in [0, 0.1) is 6.92 Å². The van der Waals surface area contributed by atoms with Crippen molar-refractivity contribution in [1.82, 2.24) is 4.98 Å². The Morgan fingerprint density at radius 3 is 2.75 bits per heavy atom. The molecule has 1 heterocycles. The van der Waals surface area contributed by atoms with Crippen molar-refractivity contribution >= 4 is 20.0 Å². The van der Waals surface area contributed by atoms with Crippen LogP contribution in [-0.4, -0.2) is 32.1 Å². The molecule has 0 fully saturated rings. The lowest BCUT2D eigenvalue weighted by molar-refractivity contribution is 0.188. The molecule has 0 aliphatic heterocycles. The molecule has 0 radical (unpaired) electrons. The molecule has 1 rings (SSSR count). The number of pyridine rings is 1. The Kier molecular flexibility index (Phi) is 5.17. The summed E-state index contributed by atoms with van der Waals surface area (Å²) < 4.78 is 15.0. The van der Waals surface area contributed by atoms with E-state index in [4.69, 9.17) is 21.3 Å². The zero-order valence-electron chi connectivity index (χ0n) is 10.5. The fourth-order valence-electron chi connectivity index (χ4n) is 1.22. The summed E-state index contributed by atoms with van der Waals surface area (Å²) in [5.41, 5.74) is 10.8. The molecule has 0 aromatic carbocycles. The minimum absolute atomic E-state index is 0.149. The smallest absolute Gasteiger partial charge is 0.469 e. The first-order valence-electron chi connectivity index (χ1n) is 5.20. The second kappa shape index (κ2) is 6.44. The highest BCUT2D eigenvalue weighted by Crippen LogP contribution is 2.37. The molecule has 110 valence electrons. The number of phosphoric acid groups is 1. The van der Waals surface area contributed by atoms with Gasteiger partial charge in [0.25, 0.3) is 0 Å². The van der Waals surface area contributed by atoms with Gasteiger partial charge in [0.2, 0.25) is 5.96 Å². The van der Waals surface area contributed by atoms with Gasteiger partial charge in [-0.2, -0.15) is 5.10 Å². The minimum atomic E-state index is -4.64. The number of aromatic hydroxyl groups is 1. The first-order valence-corrected chi connectivity index (χ1v) is 6.73. The van der Waals surface area contributed by atoms with Crippen LogP contribution in [0.5, 0.6) is 5.75 Å². The maximum atomic E-state index is 10.7. The predicted molar refractivity (Wildman–Crippen MR) is 70.9 cm³/mol. The second-order valence-corrected chi connectivity index (χ2v) is 4.90. The van der Waals surface area contributed by atoms with Gasteiger partial charge in [-0.15, -0.1) is 5.10 Å². The van der Waals surface area contributed by atoms with Gasteiger partial charge in [0.1, 0.15) is 5.75 Å². The predicted octanol–water partition coefficient (Wildman–Crippen LogP) is -0.688. The Morgan fingerprint density at radius 2 is 2.20 bits per heavy atom. The summed E-state index contributed by atoms with van der Waals surface area (Å²) in [6.07, 6.45) is 2.42. The van der Waals surface area contributed by atoms with Crippen molar-refractivity contribution in [2.75, 3.05) is 0 Å². The quantitative estimate of drug-likeness (QED) is 0.205. The van der Waals surface area contributed by atoms with Crippen LogP contribution in [0.4, 0.5) is 0 Å². The van der Waals surface area contributed by atoms with E-state index in [2.05, 4.69) is 19.7 Å². The van der Waals surface area contributed by atoms with E-state index in [1.165, 1.54) is 6.20 Å². The van der Waals surface area contributed by atoms with E-state index < -0.39 is 14.4 Å². The summed E-state index contributed by atoms with van der Waals surface area (Å²) in [5.74, 6) is -0.495. The van der Waals surface area contributed by atoms with Gasteiger partial charge >= 0.3 is 7.82 Å². The van der Waals surface area contributed by atoms with Crippen LogP contribution < -0.4 is 11.5 Å². The summed E-state index contributed by atoms with van der Waals surface area (Å²) >= 11 is 0. The van der Waals surface area contributed by atoms with Crippen LogP contribution in [0.1, 0.15) is 16.8 Å². The molecule has 0 aliphatic rings. The van der Waals surface area contributed by atoms with E-state index in [0.717, 1.165) is 6.21 Å². The van der Waals surface area contributed by atoms with Gasteiger partial charge in [0.05, 0.1) is 18.5 Å². The third kappa shape index (κ3) is 4.94. The van der Waals surface area contributed by atoms with Crippen molar-refractivity contribution in [3.63, 3.8) is 0 Å². The molecule has 1 aromatic rings. The number of nitrogens with two attached hydrogens (primary N) is 2.